The number of carbonyl (C=O) groups excluding carboxylic acids is 1. The molecule has 0 fully saturated rings. The van der Waals surface area contributed by atoms with Crippen LogP contribution in [-0.2, 0) is 12.6 Å². The summed E-state index contributed by atoms with van der Waals surface area (Å²) in [5.41, 5.74) is 7.26. The van der Waals surface area contributed by atoms with E-state index in [4.69, 9.17) is 17.3 Å². The Kier molecular flexibility index (Phi) is 4.75. The van der Waals surface area contributed by atoms with Crippen molar-refractivity contribution >= 4 is 40.0 Å². The van der Waals surface area contributed by atoms with Gasteiger partial charge in [0.15, 0.2) is 5.82 Å². The zero-order valence-electron chi connectivity index (χ0n) is 18.1. The zero-order valence-corrected chi connectivity index (χ0v) is 18.9. The summed E-state index contributed by atoms with van der Waals surface area (Å²) in [6.07, 6.45) is -4.29. The van der Waals surface area contributed by atoms with Crippen molar-refractivity contribution in [2.75, 3.05) is 17.2 Å². The maximum absolute atomic E-state index is 14.6. The summed E-state index contributed by atoms with van der Waals surface area (Å²) in [7, 11) is 0. The molecular weight excluding hydrogens is 505 g/mol. The smallest absolute Gasteiger partial charge is 0.398 e. The Labute approximate surface area is 204 Å². The number of aromatic amines is 1. The number of hydrogen-bond donors (Lipinski definition) is 3. The minimum Gasteiger partial charge on any atom is -0.398 e. The van der Waals surface area contributed by atoms with Crippen LogP contribution in [0.4, 0.5) is 38.1 Å². The van der Waals surface area contributed by atoms with E-state index in [1.165, 1.54) is 23.1 Å². The number of halogens is 6. The van der Waals surface area contributed by atoms with Gasteiger partial charge in [-0.3, -0.25) is 4.90 Å². The van der Waals surface area contributed by atoms with Crippen molar-refractivity contribution in [3.8, 4) is 11.4 Å². The van der Waals surface area contributed by atoms with E-state index in [-0.39, 0.29) is 27.4 Å². The zero-order chi connectivity index (χ0) is 25.5. The summed E-state index contributed by atoms with van der Waals surface area (Å²) in [5, 5.41) is 3.02. The van der Waals surface area contributed by atoms with Crippen LogP contribution >= 0.6 is 11.6 Å². The predicted molar refractivity (Wildman–Crippen MR) is 124 cm³/mol. The van der Waals surface area contributed by atoms with Gasteiger partial charge in [-0.1, -0.05) is 11.6 Å². The molecule has 3 aromatic carbocycles. The van der Waals surface area contributed by atoms with Gasteiger partial charge in [-0.25, -0.2) is 18.6 Å². The number of nitrogen functional groups attached to an aromatic ring is 1. The highest BCUT2D eigenvalue weighted by atomic mass is 35.5. The van der Waals surface area contributed by atoms with Crippen LogP contribution < -0.4 is 16.0 Å². The minimum absolute atomic E-state index is 0.0354. The molecule has 1 atom stereocenters. The van der Waals surface area contributed by atoms with Gasteiger partial charge in [0.25, 0.3) is 0 Å². The first-order valence-electron chi connectivity index (χ1n) is 10.8. The number of urea groups is 1. The van der Waals surface area contributed by atoms with Crippen molar-refractivity contribution in [3.63, 3.8) is 0 Å². The first-order valence-corrected chi connectivity index (χ1v) is 11.2. The molecule has 6 rings (SSSR count). The second-order valence-electron chi connectivity index (χ2n) is 8.64. The number of imidazole rings is 1. The molecule has 0 saturated heterocycles. The molecule has 0 saturated carbocycles. The Bertz CT molecular complexity index is 1600. The Balaban J connectivity index is 1.63. The quantitative estimate of drug-likeness (QED) is 0.226. The molecule has 12 heteroatoms. The van der Waals surface area contributed by atoms with Crippen molar-refractivity contribution in [3.05, 3.63) is 75.3 Å². The Hall–Kier alpha value is -3.86. The number of alkyl halides is 3. The molecule has 1 aromatic heterocycles. The highest BCUT2D eigenvalue weighted by molar-refractivity contribution is 6.31. The highest BCUT2D eigenvalue weighted by Gasteiger charge is 2.41. The molecule has 3 heterocycles. The average molecular weight is 520 g/mol. The van der Waals surface area contributed by atoms with Crippen LogP contribution in [0.15, 0.2) is 36.4 Å². The topological polar surface area (TPSA) is 87.0 Å². The van der Waals surface area contributed by atoms with Gasteiger partial charge in [0.1, 0.15) is 17.2 Å². The second kappa shape index (κ2) is 7.57. The molecule has 0 unspecified atom stereocenters. The van der Waals surface area contributed by atoms with Crippen molar-refractivity contribution in [1.82, 2.24) is 15.3 Å². The third-order valence-corrected chi connectivity index (χ3v) is 6.87. The van der Waals surface area contributed by atoms with E-state index in [9.17, 15) is 26.7 Å². The van der Waals surface area contributed by atoms with Crippen LogP contribution in [0.5, 0.6) is 0 Å². The maximum Gasteiger partial charge on any atom is 0.416 e. The van der Waals surface area contributed by atoms with Gasteiger partial charge in [-0.05, 0) is 42.8 Å². The normalized spacial score (nSPS) is 17.0. The standard InChI is InChI=1S/C24H15ClF5N5O/c25-14-2-1-10(26)7-12(14)19-18-13(8-16(31)11-3-4-35(21(11)18)23(36)34-19)22-32-17-6-9(24(28,29)30)5-15(27)20(17)33-22/h1-2,5-8,19H,3-4,31H2,(H,32,33)(H,34,36)/t19-/m1/s1. The second-order valence-corrected chi connectivity index (χ2v) is 9.05. The molecule has 0 bridgehead atoms. The third-order valence-electron chi connectivity index (χ3n) is 6.53. The molecule has 36 heavy (non-hydrogen) atoms. The molecule has 0 spiro atoms. The molecule has 6 nitrogen and oxygen atoms in total. The number of fused-ring (bicyclic) bond motifs is 1. The fraction of sp³-hybridized carbons (Fsp3) is 0.167. The summed E-state index contributed by atoms with van der Waals surface area (Å²) in [6, 6.07) is 5.08. The highest BCUT2D eigenvalue weighted by Crippen LogP contribution is 2.49. The number of nitrogens with two attached hydrogens (primary N) is 1. The molecule has 2 aliphatic heterocycles. The lowest BCUT2D eigenvalue weighted by molar-refractivity contribution is -0.137. The van der Waals surface area contributed by atoms with E-state index in [0.29, 0.717) is 47.1 Å². The van der Waals surface area contributed by atoms with E-state index >= 15 is 0 Å². The number of H-pyrrole nitrogens is 1. The van der Waals surface area contributed by atoms with Gasteiger partial charge >= 0.3 is 12.2 Å². The van der Waals surface area contributed by atoms with E-state index in [1.54, 1.807) is 6.07 Å². The first-order chi connectivity index (χ1) is 17.0. The van der Waals surface area contributed by atoms with Gasteiger partial charge in [0.2, 0.25) is 0 Å². The van der Waals surface area contributed by atoms with Gasteiger partial charge in [-0.2, -0.15) is 13.2 Å². The molecule has 184 valence electrons. The Morgan fingerprint density at radius 3 is 2.67 bits per heavy atom. The van der Waals surface area contributed by atoms with Crippen LogP contribution in [0.1, 0.15) is 28.3 Å². The fourth-order valence-electron chi connectivity index (χ4n) is 4.95. The number of carbonyl (C=O) groups is 1. The summed E-state index contributed by atoms with van der Waals surface area (Å²) in [5.74, 6) is -1.69. The summed E-state index contributed by atoms with van der Waals surface area (Å²) < 4.78 is 68.5. The van der Waals surface area contributed by atoms with Crippen LogP contribution in [0.25, 0.3) is 22.4 Å². The van der Waals surface area contributed by atoms with E-state index in [2.05, 4.69) is 15.3 Å². The third kappa shape index (κ3) is 3.29. The number of anilines is 2. The number of aromatic nitrogens is 2. The Morgan fingerprint density at radius 2 is 1.92 bits per heavy atom. The van der Waals surface area contributed by atoms with Crippen LogP contribution in [0.2, 0.25) is 5.02 Å². The summed E-state index contributed by atoms with van der Waals surface area (Å²) >= 11 is 6.37. The number of nitrogens with one attached hydrogen (secondary N) is 2. The molecule has 0 radical (unpaired) electrons. The minimum atomic E-state index is -4.76. The predicted octanol–water partition coefficient (Wildman–Crippen LogP) is 5.94. The molecule has 2 amide bonds. The number of rotatable bonds is 2. The number of benzene rings is 3. The van der Waals surface area contributed by atoms with Crippen LogP contribution in [0.3, 0.4) is 0 Å². The molecule has 4 N–H and O–H groups in total. The lowest BCUT2D eigenvalue weighted by Gasteiger charge is -2.35. The SMILES string of the molecule is Nc1cc(-c2nc3c(F)cc(C(F)(F)F)cc3[nH]2)c2c3c1CCN3C(=O)N[C@@H]2c1cc(F)ccc1Cl. The van der Waals surface area contributed by atoms with E-state index in [0.717, 1.165) is 6.07 Å². The summed E-state index contributed by atoms with van der Waals surface area (Å²) in [4.78, 5) is 21.4. The molecule has 2 aliphatic rings. The van der Waals surface area contributed by atoms with Crippen LogP contribution in [0, 0.1) is 11.6 Å². The largest absolute Gasteiger partial charge is 0.416 e. The number of nitrogens with zero attached hydrogens (tertiary/aromatic N) is 2. The van der Waals surface area contributed by atoms with Gasteiger partial charge in [0, 0.05) is 39.5 Å². The van der Waals surface area contributed by atoms with Crippen molar-refractivity contribution in [2.24, 2.45) is 0 Å². The van der Waals surface area contributed by atoms with Crippen LogP contribution in [-0.4, -0.2) is 22.5 Å². The van der Waals surface area contributed by atoms with Crippen molar-refractivity contribution in [1.29, 1.82) is 0 Å². The van der Waals surface area contributed by atoms with Gasteiger partial charge in [-0.15, -0.1) is 0 Å². The summed E-state index contributed by atoms with van der Waals surface area (Å²) in [6.45, 7) is 0.342. The lowest BCUT2D eigenvalue weighted by Crippen LogP contribution is -2.46. The van der Waals surface area contributed by atoms with E-state index < -0.39 is 35.4 Å². The first kappa shape index (κ1) is 22.6. The van der Waals surface area contributed by atoms with Gasteiger partial charge in [0.05, 0.1) is 22.8 Å². The number of amides is 2. The van der Waals surface area contributed by atoms with Crippen molar-refractivity contribution in [2.45, 2.75) is 18.6 Å². The molecule has 4 aromatic rings. The Morgan fingerprint density at radius 1 is 1.14 bits per heavy atom. The van der Waals surface area contributed by atoms with E-state index in [1.807, 2.05) is 0 Å². The average Bonchev–Trinajstić information content (AvgIpc) is 3.44. The number of hydrogen-bond acceptors (Lipinski definition) is 3. The molecule has 0 aliphatic carbocycles. The van der Waals surface area contributed by atoms with Crippen molar-refractivity contribution < 1.29 is 26.7 Å². The monoisotopic (exact) mass is 519 g/mol. The lowest BCUT2D eigenvalue weighted by atomic mass is 9.88. The molecular formula is C24H15ClF5N5O. The van der Waals surface area contributed by atoms with Gasteiger partial charge < -0.3 is 16.0 Å². The fourth-order valence-corrected chi connectivity index (χ4v) is 5.18. The maximum atomic E-state index is 14.6.